The molecular formula is C66H46N8O12S4. The molecule has 4 aromatic heterocycles. The highest BCUT2D eigenvalue weighted by Crippen LogP contribution is 2.59. The number of benzene rings is 5. The van der Waals surface area contributed by atoms with Gasteiger partial charge >= 0.3 is 35.1 Å². The number of aliphatic imine (C=N–C) groups is 2. The molecule has 11 rings (SSSR count). The Morgan fingerprint density at radius 1 is 0.456 bits per heavy atom. The van der Waals surface area contributed by atoms with Crippen LogP contribution in [0.1, 0.15) is 60.3 Å². The van der Waals surface area contributed by atoms with Crippen molar-refractivity contribution in [2.45, 2.75) is 64.3 Å². The maximum absolute atomic E-state index is 15.5. The number of fused-ring (bicyclic) bond motifs is 6. The van der Waals surface area contributed by atoms with Crippen molar-refractivity contribution in [3.8, 4) is 87.9 Å². The lowest BCUT2D eigenvalue weighted by Gasteiger charge is -2.36. The Morgan fingerprint density at radius 3 is 1.06 bits per heavy atom. The first-order valence-corrected chi connectivity index (χ1v) is 31.0. The topological polar surface area (TPSA) is 288 Å². The Labute approximate surface area is 530 Å². The van der Waals surface area contributed by atoms with Crippen LogP contribution in [0.5, 0.6) is 23.0 Å². The summed E-state index contributed by atoms with van der Waals surface area (Å²) in [5.74, 6) is -4.55. The molecule has 446 valence electrons. The number of thiophene rings is 2. The van der Waals surface area contributed by atoms with Crippen LogP contribution in [0.15, 0.2) is 156 Å². The van der Waals surface area contributed by atoms with Crippen LogP contribution in [0, 0.1) is 45.3 Å². The van der Waals surface area contributed by atoms with Gasteiger partial charge in [-0.05, 0) is 47.2 Å². The first kappa shape index (κ1) is 60.8. The zero-order valence-electron chi connectivity index (χ0n) is 47.6. The Kier molecular flexibility index (Phi) is 18.3. The smallest absolute Gasteiger partial charge is 0.369 e. The van der Waals surface area contributed by atoms with Gasteiger partial charge in [0.05, 0.1) is 23.0 Å². The summed E-state index contributed by atoms with van der Waals surface area (Å²) in [6.45, 7) is 2.97. The van der Waals surface area contributed by atoms with E-state index in [1.807, 2.05) is 13.8 Å². The molecule has 0 saturated heterocycles. The molecule has 0 spiro atoms. The van der Waals surface area contributed by atoms with Gasteiger partial charge in [-0.2, -0.15) is 21.0 Å². The van der Waals surface area contributed by atoms with Crippen molar-refractivity contribution in [2.24, 2.45) is 9.98 Å². The van der Waals surface area contributed by atoms with Crippen LogP contribution in [0.25, 0.3) is 40.7 Å². The van der Waals surface area contributed by atoms with Crippen LogP contribution in [0.2, 0.25) is 0 Å². The largest absolute Gasteiger partial charge is 0.492 e. The van der Waals surface area contributed by atoms with Gasteiger partial charge in [-0.15, -0.1) is 45.3 Å². The highest BCUT2D eigenvalue weighted by Gasteiger charge is 2.63. The van der Waals surface area contributed by atoms with Crippen LogP contribution in [-0.2, 0) is 75.8 Å². The number of esters is 4. The Balaban J connectivity index is 1.16. The van der Waals surface area contributed by atoms with E-state index in [4.69, 9.17) is 47.9 Å². The maximum atomic E-state index is 15.5. The predicted molar refractivity (Wildman–Crippen MR) is 333 cm³/mol. The zero-order valence-corrected chi connectivity index (χ0v) is 50.9. The molecule has 24 heteroatoms. The van der Waals surface area contributed by atoms with Crippen LogP contribution in [0.3, 0.4) is 0 Å². The average Bonchev–Trinajstić information content (AvgIpc) is 1.33. The number of nitrogens with zero attached hydrogens (tertiary/aromatic N) is 8. The fourth-order valence-corrected chi connectivity index (χ4v) is 13.7. The van der Waals surface area contributed by atoms with E-state index in [0.717, 1.165) is 45.3 Å². The third-order valence-corrected chi connectivity index (χ3v) is 18.1. The molecule has 0 atom stereocenters. The van der Waals surface area contributed by atoms with Crippen LogP contribution in [-0.4, -0.2) is 58.5 Å². The van der Waals surface area contributed by atoms with Gasteiger partial charge in [-0.25, -0.2) is 39.1 Å². The number of ether oxygens (including phenoxy) is 8. The van der Waals surface area contributed by atoms with Crippen LogP contribution >= 0.6 is 45.3 Å². The number of aromatic nitrogens is 2. The molecule has 6 heterocycles. The molecule has 5 aromatic carbocycles. The highest BCUT2D eigenvalue weighted by atomic mass is 32.1. The molecule has 0 radical (unpaired) electrons. The second kappa shape index (κ2) is 27.0. The summed E-state index contributed by atoms with van der Waals surface area (Å²) in [5.41, 5.74) is -4.49. The van der Waals surface area contributed by atoms with Crippen molar-refractivity contribution < 1.29 is 57.1 Å². The Bertz CT molecular complexity index is 4030. The number of carbonyl (C=O) groups is 4. The molecule has 0 saturated carbocycles. The summed E-state index contributed by atoms with van der Waals surface area (Å²) < 4.78 is 50.6. The van der Waals surface area contributed by atoms with E-state index in [-0.39, 0.29) is 115 Å². The summed E-state index contributed by atoms with van der Waals surface area (Å²) in [6.07, 6.45) is 1.15. The number of hydrogen-bond donors (Lipinski definition) is 0. The van der Waals surface area contributed by atoms with Gasteiger partial charge in [-0.1, -0.05) is 135 Å². The fraction of sp³-hybridized carbons (Fsp3) is 0.182. The molecule has 2 aliphatic heterocycles. The molecule has 20 nitrogen and oxygen atoms in total. The standard InChI is InChI=1S/C66H46N8O12S4/c1-3-25-79-49-29-51(71-43(31-67)32-68)87-55(49)59-73-57-53(89-59)45-27-48-46(28-47(45)85-65(57,61(75)81-35-39-17-9-5-10-18-39)62(76)82-36-40-19-11-6-12-20-40)54-58(74-60(90-54)56-50(80-26-4-2)30-52(88-56)72-44(33-69)34-70)66(86-48,63(77)83-37-41-21-13-7-14-22-41)64(78)84-38-42-23-15-8-16-24-42/h5-24,27-30H,3-4,25-26,35-38H2,1-2H3. The minimum atomic E-state index is -2.83. The zero-order chi connectivity index (χ0) is 62.8. The number of thiazole rings is 2. The predicted octanol–water partition coefficient (Wildman–Crippen LogP) is 13.4. The molecule has 2 aliphatic rings. The summed E-state index contributed by atoms with van der Waals surface area (Å²) in [6, 6.07) is 48.2. The average molecular weight is 1270 g/mol. The number of hydrogen-bond acceptors (Lipinski definition) is 24. The third-order valence-electron chi connectivity index (χ3n) is 13.6. The molecular weight excluding hydrogens is 1230 g/mol. The van der Waals surface area contributed by atoms with Gasteiger partial charge in [0, 0.05) is 23.3 Å². The second-order valence-electron chi connectivity index (χ2n) is 19.7. The minimum absolute atomic E-state index is 0.119. The fourth-order valence-electron chi connectivity index (χ4n) is 9.35. The van der Waals surface area contributed by atoms with Crippen molar-refractivity contribution >= 4 is 90.6 Å². The van der Waals surface area contributed by atoms with E-state index in [0.29, 0.717) is 44.8 Å². The summed E-state index contributed by atoms with van der Waals surface area (Å²) in [7, 11) is 0. The lowest BCUT2D eigenvalue weighted by molar-refractivity contribution is -0.185. The molecule has 90 heavy (non-hydrogen) atoms. The Hall–Kier alpha value is -10.9. The number of rotatable bonds is 22. The SMILES string of the molecule is CCCOc1cc(N=C(C#N)C#N)sc1-c1nc2c(s1)-c1cc3c(cc1OC2(C(=O)OCc1ccccc1)C(=O)OCc1ccccc1)-c1sc(-c2sc(N=C(C#N)C#N)cc2OCCC)nc1C(C(=O)OCc1ccccc1)(C(=O)OCc1ccccc1)O3. The normalized spacial score (nSPS) is 12.5. The summed E-state index contributed by atoms with van der Waals surface area (Å²) in [5, 5.41) is 39.5. The van der Waals surface area contributed by atoms with Crippen molar-refractivity contribution in [1.29, 1.82) is 21.0 Å². The molecule has 9 aromatic rings. The first-order valence-electron chi connectivity index (χ1n) is 27.7. The monoisotopic (exact) mass is 1270 g/mol. The summed E-state index contributed by atoms with van der Waals surface area (Å²) in [4.78, 5) is 81.6. The van der Waals surface area contributed by atoms with Crippen molar-refractivity contribution in [2.75, 3.05) is 13.2 Å². The van der Waals surface area contributed by atoms with Gasteiger partial charge in [0.1, 0.15) is 115 Å². The van der Waals surface area contributed by atoms with Gasteiger partial charge in [0.2, 0.25) is 11.4 Å². The molecule has 0 N–H and O–H groups in total. The van der Waals surface area contributed by atoms with E-state index < -0.39 is 46.5 Å². The van der Waals surface area contributed by atoms with Gasteiger partial charge in [0.15, 0.2) is 0 Å². The number of carbonyl (C=O) groups excluding carboxylic acids is 4. The lowest BCUT2D eigenvalue weighted by Crippen LogP contribution is -2.53. The molecule has 0 aliphatic carbocycles. The van der Waals surface area contributed by atoms with E-state index in [1.165, 1.54) is 12.1 Å². The second-order valence-corrected chi connectivity index (χ2v) is 23.7. The van der Waals surface area contributed by atoms with Crippen molar-refractivity contribution in [3.63, 3.8) is 0 Å². The lowest BCUT2D eigenvalue weighted by atomic mass is 9.89. The number of nitriles is 4. The molecule has 0 bridgehead atoms. The van der Waals surface area contributed by atoms with Gasteiger partial charge < -0.3 is 37.9 Å². The maximum Gasteiger partial charge on any atom is 0.369 e. The quantitative estimate of drug-likeness (QED) is 0.0264. The van der Waals surface area contributed by atoms with E-state index in [2.05, 4.69) is 9.98 Å². The first-order chi connectivity index (χ1) is 43.9. The van der Waals surface area contributed by atoms with Gasteiger partial charge in [-0.3, -0.25) is 0 Å². The third kappa shape index (κ3) is 12.2. The van der Waals surface area contributed by atoms with Crippen LogP contribution in [0.4, 0.5) is 10.0 Å². The van der Waals surface area contributed by atoms with E-state index in [9.17, 15) is 21.0 Å². The minimum Gasteiger partial charge on any atom is -0.492 e. The van der Waals surface area contributed by atoms with Crippen molar-refractivity contribution in [3.05, 3.63) is 179 Å². The van der Waals surface area contributed by atoms with E-state index >= 15 is 19.2 Å². The molecule has 0 amide bonds. The Morgan fingerprint density at radius 2 is 0.767 bits per heavy atom. The van der Waals surface area contributed by atoms with Crippen molar-refractivity contribution in [1.82, 2.24) is 9.97 Å². The summed E-state index contributed by atoms with van der Waals surface area (Å²) >= 11 is 4.05. The highest BCUT2D eigenvalue weighted by molar-refractivity contribution is 7.26. The molecule has 0 fully saturated rings. The van der Waals surface area contributed by atoms with E-state index in [1.54, 1.807) is 158 Å². The van der Waals surface area contributed by atoms with Crippen LogP contribution < -0.4 is 18.9 Å². The molecule has 0 unspecified atom stereocenters. The van der Waals surface area contributed by atoms with Gasteiger partial charge in [0.25, 0.3) is 0 Å².